The summed E-state index contributed by atoms with van der Waals surface area (Å²) in [6.07, 6.45) is 4.21. The number of ether oxygens (including phenoxy) is 1. The summed E-state index contributed by atoms with van der Waals surface area (Å²) in [4.78, 5) is 18.9. The van der Waals surface area contributed by atoms with E-state index in [-0.39, 0.29) is 11.8 Å². The summed E-state index contributed by atoms with van der Waals surface area (Å²) in [6.45, 7) is 8.49. The average Bonchev–Trinajstić information content (AvgIpc) is 3.35. The van der Waals surface area contributed by atoms with Gasteiger partial charge >= 0.3 is 0 Å². The Morgan fingerprint density at radius 2 is 2.18 bits per heavy atom. The topological polar surface area (TPSA) is 54.5 Å². The molecular weight excluding hydrogens is 278 g/mol. The molecule has 1 unspecified atom stereocenters. The zero-order chi connectivity index (χ0) is 15.5. The second kappa shape index (κ2) is 6.75. The minimum absolute atomic E-state index is 0.0887. The predicted octanol–water partition coefficient (Wildman–Crippen LogP) is 2.21. The third-order valence-electron chi connectivity index (χ3n) is 4.71. The first-order chi connectivity index (χ1) is 10.6. The fourth-order valence-corrected chi connectivity index (χ4v) is 2.85. The molecule has 2 aliphatic rings. The minimum Gasteiger partial charge on any atom is -0.379 e. The number of carbonyl (C=O) groups is 1. The number of aryl methyl sites for hydroxylation is 1. The summed E-state index contributed by atoms with van der Waals surface area (Å²) < 4.78 is 5.39. The van der Waals surface area contributed by atoms with E-state index in [0.717, 1.165) is 32.8 Å². The second-order valence-corrected chi connectivity index (χ2v) is 6.50. The molecule has 2 fully saturated rings. The first-order valence-electron chi connectivity index (χ1n) is 8.20. The number of morpholine rings is 1. The van der Waals surface area contributed by atoms with Gasteiger partial charge in [-0.25, -0.2) is 4.98 Å². The van der Waals surface area contributed by atoms with Crippen molar-refractivity contribution in [1.82, 2.24) is 9.88 Å². The highest BCUT2D eigenvalue weighted by molar-refractivity contribution is 5.91. The molecule has 0 bridgehead atoms. The molecule has 0 aromatic carbocycles. The lowest BCUT2D eigenvalue weighted by atomic mass is 10.1. The molecule has 1 aliphatic heterocycles. The number of amides is 1. The number of pyridine rings is 1. The molecule has 0 radical (unpaired) electrons. The van der Waals surface area contributed by atoms with Crippen LogP contribution in [0, 0.1) is 18.8 Å². The van der Waals surface area contributed by atoms with Gasteiger partial charge < -0.3 is 10.1 Å². The van der Waals surface area contributed by atoms with Crippen molar-refractivity contribution in [3.8, 4) is 0 Å². The number of carbonyl (C=O) groups excluding carboxylic acids is 1. The molecular formula is C17H25N3O2. The lowest BCUT2D eigenvalue weighted by Crippen LogP contribution is -2.35. The van der Waals surface area contributed by atoms with Gasteiger partial charge in [-0.15, -0.1) is 0 Å². The lowest BCUT2D eigenvalue weighted by Gasteiger charge is -2.27. The highest BCUT2D eigenvalue weighted by Gasteiger charge is 2.32. The Labute approximate surface area is 132 Å². The van der Waals surface area contributed by atoms with E-state index >= 15 is 0 Å². The Morgan fingerprint density at radius 1 is 1.45 bits per heavy atom. The first-order valence-corrected chi connectivity index (χ1v) is 8.20. The molecule has 2 heterocycles. The number of nitrogens with one attached hydrogen (secondary N) is 1. The van der Waals surface area contributed by atoms with Crippen LogP contribution in [0.3, 0.4) is 0 Å². The summed E-state index contributed by atoms with van der Waals surface area (Å²) in [5.74, 6) is 1.42. The van der Waals surface area contributed by atoms with E-state index in [1.807, 2.05) is 19.2 Å². The van der Waals surface area contributed by atoms with Crippen LogP contribution in [0.25, 0.3) is 0 Å². The van der Waals surface area contributed by atoms with Crippen molar-refractivity contribution in [2.45, 2.75) is 33.2 Å². The van der Waals surface area contributed by atoms with Crippen LogP contribution in [0.2, 0.25) is 0 Å². The van der Waals surface area contributed by atoms with Crippen LogP contribution in [-0.2, 0) is 16.1 Å². The maximum absolute atomic E-state index is 12.2. The normalized spacial score (nSPS) is 20.6. The van der Waals surface area contributed by atoms with Gasteiger partial charge in [-0.3, -0.25) is 9.69 Å². The molecule has 5 nitrogen and oxygen atoms in total. The second-order valence-electron chi connectivity index (χ2n) is 6.50. The van der Waals surface area contributed by atoms with E-state index in [2.05, 4.69) is 22.1 Å². The molecule has 1 aromatic rings. The Bertz CT molecular complexity index is 537. The average molecular weight is 303 g/mol. The molecule has 1 atom stereocenters. The van der Waals surface area contributed by atoms with Crippen molar-refractivity contribution in [2.75, 3.05) is 31.6 Å². The van der Waals surface area contributed by atoms with E-state index in [0.29, 0.717) is 11.7 Å². The Balaban J connectivity index is 1.64. The lowest BCUT2D eigenvalue weighted by molar-refractivity contribution is -0.119. The smallest absolute Gasteiger partial charge is 0.228 e. The molecule has 1 aliphatic carbocycles. The third-order valence-corrected chi connectivity index (χ3v) is 4.71. The number of hydrogen-bond acceptors (Lipinski definition) is 4. The molecule has 1 saturated carbocycles. The van der Waals surface area contributed by atoms with Crippen molar-refractivity contribution in [2.24, 2.45) is 11.8 Å². The molecule has 5 heteroatoms. The summed E-state index contributed by atoms with van der Waals surface area (Å²) >= 11 is 0. The zero-order valence-corrected chi connectivity index (χ0v) is 13.5. The largest absolute Gasteiger partial charge is 0.379 e. The van der Waals surface area contributed by atoms with Crippen LogP contribution >= 0.6 is 0 Å². The van der Waals surface area contributed by atoms with Gasteiger partial charge in [-0.05, 0) is 42.9 Å². The quantitative estimate of drug-likeness (QED) is 0.906. The predicted molar refractivity (Wildman–Crippen MR) is 85.6 cm³/mol. The van der Waals surface area contributed by atoms with Crippen molar-refractivity contribution >= 4 is 11.7 Å². The van der Waals surface area contributed by atoms with Crippen molar-refractivity contribution < 1.29 is 9.53 Å². The molecule has 1 aromatic heterocycles. The number of rotatable bonds is 5. The van der Waals surface area contributed by atoms with Gasteiger partial charge in [0.2, 0.25) is 5.91 Å². The molecule has 1 saturated heterocycles. The fraction of sp³-hybridized carbons (Fsp3) is 0.647. The minimum atomic E-state index is 0.0887. The number of anilines is 1. The fourth-order valence-electron chi connectivity index (χ4n) is 2.85. The Kier molecular flexibility index (Phi) is 4.74. The maximum atomic E-state index is 12.2. The third kappa shape index (κ3) is 3.84. The highest BCUT2D eigenvalue weighted by atomic mass is 16.5. The van der Waals surface area contributed by atoms with Crippen LogP contribution in [-0.4, -0.2) is 42.1 Å². The zero-order valence-electron chi connectivity index (χ0n) is 13.5. The summed E-state index contributed by atoms with van der Waals surface area (Å²) in [6, 6.07) is 2.02. The highest BCUT2D eigenvalue weighted by Crippen LogP contribution is 2.37. The van der Waals surface area contributed by atoms with E-state index in [1.165, 1.54) is 24.0 Å². The number of hydrogen-bond donors (Lipinski definition) is 1. The summed E-state index contributed by atoms with van der Waals surface area (Å²) in [5.41, 5.74) is 2.39. The Morgan fingerprint density at radius 3 is 2.86 bits per heavy atom. The molecule has 1 amide bonds. The standard InChI is InChI=1S/C17H25N3O2/c1-12-10-18-16(19-17(21)13(2)14-3-4-14)9-15(12)11-20-5-7-22-8-6-20/h9-10,13-14H,3-8,11H2,1-2H3,(H,18,19,21). The maximum Gasteiger partial charge on any atom is 0.228 e. The molecule has 120 valence electrons. The van der Waals surface area contributed by atoms with Gasteiger partial charge in [-0.1, -0.05) is 6.92 Å². The van der Waals surface area contributed by atoms with Gasteiger partial charge in [-0.2, -0.15) is 0 Å². The first kappa shape index (κ1) is 15.4. The van der Waals surface area contributed by atoms with Crippen LogP contribution in [0.15, 0.2) is 12.3 Å². The number of aromatic nitrogens is 1. The monoisotopic (exact) mass is 303 g/mol. The van der Waals surface area contributed by atoms with Crippen molar-refractivity contribution in [3.63, 3.8) is 0 Å². The van der Waals surface area contributed by atoms with Crippen molar-refractivity contribution in [3.05, 3.63) is 23.4 Å². The van der Waals surface area contributed by atoms with Gasteiger partial charge in [0, 0.05) is 31.7 Å². The molecule has 3 rings (SSSR count). The van der Waals surface area contributed by atoms with Crippen molar-refractivity contribution in [1.29, 1.82) is 0 Å². The SMILES string of the molecule is Cc1cnc(NC(=O)C(C)C2CC2)cc1CN1CCOCC1. The number of nitrogens with zero attached hydrogens (tertiary/aromatic N) is 2. The van der Waals surface area contributed by atoms with E-state index in [1.54, 1.807) is 0 Å². The van der Waals surface area contributed by atoms with E-state index in [9.17, 15) is 4.79 Å². The van der Waals surface area contributed by atoms with Gasteiger partial charge in [0.1, 0.15) is 5.82 Å². The van der Waals surface area contributed by atoms with Gasteiger partial charge in [0.15, 0.2) is 0 Å². The van der Waals surface area contributed by atoms with Gasteiger partial charge in [0.05, 0.1) is 13.2 Å². The molecule has 22 heavy (non-hydrogen) atoms. The molecule has 1 N–H and O–H groups in total. The summed E-state index contributed by atoms with van der Waals surface area (Å²) in [5, 5.41) is 2.97. The molecule has 0 spiro atoms. The van der Waals surface area contributed by atoms with Crippen LogP contribution < -0.4 is 5.32 Å². The van der Waals surface area contributed by atoms with Gasteiger partial charge in [0.25, 0.3) is 0 Å². The van der Waals surface area contributed by atoms with Crippen LogP contribution in [0.1, 0.15) is 30.9 Å². The van der Waals surface area contributed by atoms with Crippen LogP contribution in [0.5, 0.6) is 0 Å². The van der Waals surface area contributed by atoms with E-state index < -0.39 is 0 Å². The van der Waals surface area contributed by atoms with E-state index in [4.69, 9.17) is 4.74 Å². The Hall–Kier alpha value is -1.46. The van der Waals surface area contributed by atoms with Crippen LogP contribution in [0.4, 0.5) is 5.82 Å². The summed E-state index contributed by atoms with van der Waals surface area (Å²) in [7, 11) is 0.